The quantitative estimate of drug-likeness (QED) is 0.778. The zero-order valence-corrected chi connectivity index (χ0v) is 13.6. The highest BCUT2D eigenvalue weighted by atomic mass is 16.1. The minimum absolute atomic E-state index is 0.00565. The van der Waals surface area contributed by atoms with Gasteiger partial charge in [0.15, 0.2) is 0 Å². The van der Waals surface area contributed by atoms with Crippen molar-refractivity contribution in [2.45, 2.75) is 38.1 Å². The summed E-state index contributed by atoms with van der Waals surface area (Å²) >= 11 is 0. The fourth-order valence-electron chi connectivity index (χ4n) is 3.66. The number of amides is 1. The second-order valence-electron chi connectivity index (χ2n) is 6.46. The predicted octanol–water partition coefficient (Wildman–Crippen LogP) is 4.33. The molecule has 1 saturated carbocycles. The van der Waals surface area contributed by atoms with Gasteiger partial charge < -0.3 is 5.32 Å². The number of rotatable bonds is 4. The molecule has 1 aromatic heterocycles. The average Bonchev–Trinajstić information content (AvgIpc) is 3.26. The lowest BCUT2D eigenvalue weighted by molar-refractivity contribution is -0.115. The van der Waals surface area contributed by atoms with Crippen molar-refractivity contribution in [1.82, 2.24) is 9.78 Å². The lowest BCUT2D eigenvalue weighted by Crippen LogP contribution is -2.19. The van der Waals surface area contributed by atoms with E-state index in [1.807, 2.05) is 35.0 Å². The van der Waals surface area contributed by atoms with Crippen LogP contribution in [0.1, 0.15) is 37.3 Å². The van der Waals surface area contributed by atoms with Gasteiger partial charge in [-0.1, -0.05) is 55.3 Å². The summed E-state index contributed by atoms with van der Waals surface area (Å²) in [6.45, 7) is 0. The third-order valence-electron chi connectivity index (χ3n) is 4.84. The van der Waals surface area contributed by atoms with Crippen LogP contribution < -0.4 is 5.32 Å². The van der Waals surface area contributed by atoms with E-state index in [2.05, 4.69) is 28.6 Å². The second-order valence-corrected chi connectivity index (χ2v) is 6.46. The Kier molecular flexibility index (Phi) is 4.03. The molecular formula is C20H21N3O. The average molecular weight is 319 g/mol. The molecule has 1 fully saturated rings. The fraction of sp³-hybridized carbons (Fsp3) is 0.300. The molecule has 2 aromatic carbocycles. The Bertz CT molecular complexity index is 857. The summed E-state index contributed by atoms with van der Waals surface area (Å²) in [4.78, 5) is 12.5. The first kappa shape index (κ1) is 14.9. The number of hydrogen-bond donors (Lipinski definition) is 1. The van der Waals surface area contributed by atoms with Gasteiger partial charge >= 0.3 is 0 Å². The van der Waals surface area contributed by atoms with Gasteiger partial charge in [-0.25, -0.2) is 4.68 Å². The normalized spacial score (nSPS) is 15.0. The van der Waals surface area contributed by atoms with Crippen LogP contribution in [0.3, 0.4) is 0 Å². The molecule has 1 aliphatic carbocycles. The topological polar surface area (TPSA) is 46.9 Å². The molecule has 0 atom stereocenters. The summed E-state index contributed by atoms with van der Waals surface area (Å²) in [5.74, 6) is 0.818. The van der Waals surface area contributed by atoms with E-state index >= 15 is 0 Å². The molecule has 0 bridgehead atoms. The van der Waals surface area contributed by atoms with Crippen molar-refractivity contribution < 1.29 is 4.79 Å². The van der Waals surface area contributed by atoms with Gasteiger partial charge in [-0.05, 0) is 29.2 Å². The number of hydrogen-bond acceptors (Lipinski definition) is 2. The van der Waals surface area contributed by atoms with E-state index in [1.165, 1.54) is 18.2 Å². The van der Waals surface area contributed by atoms with E-state index in [-0.39, 0.29) is 5.91 Å². The Morgan fingerprint density at radius 1 is 1.08 bits per heavy atom. The van der Waals surface area contributed by atoms with Crippen LogP contribution >= 0.6 is 0 Å². The Balaban J connectivity index is 1.52. The SMILES string of the molecule is O=C(Cc1cccc2ccccc12)Nc1ccnn1C1CCCC1. The van der Waals surface area contributed by atoms with E-state index in [0.29, 0.717) is 12.5 Å². The number of nitrogens with zero attached hydrogens (tertiary/aromatic N) is 2. The van der Waals surface area contributed by atoms with Gasteiger partial charge in [0.1, 0.15) is 5.82 Å². The summed E-state index contributed by atoms with van der Waals surface area (Å²) in [5.41, 5.74) is 1.05. The van der Waals surface area contributed by atoms with Crippen molar-refractivity contribution in [2.75, 3.05) is 5.32 Å². The molecule has 0 radical (unpaired) electrons. The second kappa shape index (κ2) is 6.48. The Morgan fingerprint density at radius 3 is 2.75 bits per heavy atom. The van der Waals surface area contributed by atoms with E-state index in [1.54, 1.807) is 6.20 Å². The van der Waals surface area contributed by atoms with E-state index in [0.717, 1.165) is 29.6 Å². The molecule has 1 aliphatic rings. The van der Waals surface area contributed by atoms with Crippen molar-refractivity contribution in [3.05, 3.63) is 60.3 Å². The minimum atomic E-state index is 0.00565. The first-order valence-corrected chi connectivity index (χ1v) is 8.61. The molecule has 24 heavy (non-hydrogen) atoms. The molecule has 0 saturated heterocycles. The maximum atomic E-state index is 12.5. The lowest BCUT2D eigenvalue weighted by Gasteiger charge is -2.15. The largest absolute Gasteiger partial charge is 0.311 e. The third-order valence-corrected chi connectivity index (χ3v) is 4.84. The van der Waals surface area contributed by atoms with Gasteiger partial charge in [-0.2, -0.15) is 5.10 Å². The van der Waals surface area contributed by atoms with Crippen molar-refractivity contribution in [3.8, 4) is 0 Å². The fourth-order valence-corrected chi connectivity index (χ4v) is 3.66. The molecule has 3 aromatic rings. The minimum Gasteiger partial charge on any atom is -0.311 e. The van der Waals surface area contributed by atoms with Gasteiger partial charge in [0.25, 0.3) is 0 Å². The molecule has 122 valence electrons. The lowest BCUT2D eigenvalue weighted by atomic mass is 10.0. The van der Waals surface area contributed by atoms with E-state index < -0.39 is 0 Å². The number of anilines is 1. The Morgan fingerprint density at radius 2 is 1.88 bits per heavy atom. The molecule has 1 heterocycles. The van der Waals surface area contributed by atoms with Crippen LogP contribution in [0.5, 0.6) is 0 Å². The van der Waals surface area contributed by atoms with Gasteiger partial charge in [-0.3, -0.25) is 4.79 Å². The Hall–Kier alpha value is -2.62. The zero-order chi connectivity index (χ0) is 16.4. The first-order chi connectivity index (χ1) is 11.8. The summed E-state index contributed by atoms with van der Waals surface area (Å²) in [7, 11) is 0. The van der Waals surface area contributed by atoms with Gasteiger partial charge in [0, 0.05) is 6.07 Å². The molecule has 0 aliphatic heterocycles. The van der Waals surface area contributed by atoms with Crippen LogP contribution in [0.4, 0.5) is 5.82 Å². The maximum absolute atomic E-state index is 12.5. The standard InChI is InChI=1S/C20H21N3O/c24-20(14-16-8-5-7-15-6-1-4-11-18(15)16)22-19-12-13-21-23(19)17-9-2-3-10-17/h1,4-8,11-13,17H,2-3,9-10,14H2,(H,22,24). The third kappa shape index (κ3) is 2.92. The van der Waals surface area contributed by atoms with Crippen LogP contribution in [0.2, 0.25) is 0 Å². The highest BCUT2D eigenvalue weighted by Crippen LogP contribution is 2.31. The van der Waals surface area contributed by atoms with Crippen LogP contribution in [0, 0.1) is 0 Å². The van der Waals surface area contributed by atoms with Crippen LogP contribution in [0.25, 0.3) is 10.8 Å². The number of carbonyl (C=O) groups is 1. The van der Waals surface area contributed by atoms with Crippen LogP contribution in [-0.2, 0) is 11.2 Å². The molecule has 4 rings (SSSR count). The van der Waals surface area contributed by atoms with E-state index in [9.17, 15) is 4.79 Å². The molecule has 0 unspecified atom stereocenters. The highest BCUT2D eigenvalue weighted by molar-refractivity contribution is 5.95. The first-order valence-electron chi connectivity index (χ1n) is 8.61. The van der Waals surface area contributed by atoms with Crippen molar-refractivity contribution in [3.63, 3.8) is 0 Å². The molecule has 1 amide bonds. The number of benzene rings is 2. The summed E-state index contributed by atoms with van der Waals surface area (Å²) in [5, 5.41) is 9.76. The summed E-state index contributed by atoms with van der Waals surface area (Å²) < 4.78 is 1.98. The predicted molar refractivity (Wildman–Crippen MR) is 96.0 cm³/mol. The summed E-state index contributed by atoms with van der Waals surface area (Å²) in [6.07, 6.45) is 6.92. The molecule has 1 N–H and O–H groups in total. The Labute approximate surface area is 141 Å². The molecule has 4 nitrogen and oxygen atoms in total. The number of nitrogens with one attached hydrogen (secondary N) is 1. The number of aromatic nitrogens is 2. The molecular weight excluding hydrogens is 298 g/mol. The van der Waals surface area contributed by atoms with Crippen molar-refractivity contribution in [1.29, 1.82) is 0 Å². The van der Waals surface area contributed by atoms with E-state index in [4.69, 9.17) is 0 Å². The maximum Gasteiger partial charge on any atom is 0.229 e. The number of carbonyl (C=O) groups excluding carboxylic acids is 1. The van der Waals surface area contributed by atoms with Crippen LogP contribution in [0.15, 0.2) is 54.7 Å². The summed E-state index contributed by atoms with van der Waals surface area (Å²) in [6, 6.07) is 16.6. The van der Waals surface area contributed by atoms with Crippen molar-refractivity contribution >= 4 is 22.5 Å². The number of fused-ring (bicyclic) bond motifs is 1. The van der Waals surface area contributed by atoms with Gasteiger partial charge in [-0.15, -0.1) is 0 Å². The van der Waals surface area contributed by atoms with Gasteiger partial charge in [0.2, 0.25) is 5.91 Å². The van der Waals surface area contributed by atoms with Crippen LogP contribution in [-0.4, -0.2) is 15.7 Å². The molecule has 0 spiro atoms. The molecule has 4 heteroatoms. The van der Waals surface area contributed by atoms with Gasteiger partial charge in [0.05, 0.1) is 18.7 Å². The van der Waals surface area contributed by atoms with Crippen molar-refractivity contribution in [2.24, 2.45) is 0 Å². The highest BCUT2D eigenvalue weighted by Gasteiger charge is 2.20. The monoisotopic (exact) mass is 319 g/mol. The smallest absolute Gasteiger partial charge is 0.229 e. The zero-order valence-electron chi connectivity index (χ0n) is 13.6.